The minimum absolute atomic E-state index is 0.111. The highest BCUT2D eigenvalue weighted by Crippen LogP contribution is 2.40. The van der Waals surface area contributed by atoms with E-state index in [1.807, 2.05) is 60.7 Å². The van der Waals surface area contributed by atoms with Gasteiger partial charge in [-0.2, -0.15) is 0 Å². The summed E-state index contributed by atoms with van der Waals surface area (Å²) >= 11 is 3.42. The zero-order chi connectivity index (χ0) is 20.4. The molecule has 0 aliphatic carbocycles. The summed E-state index contributed by atoms with van der Waals surface area (Å²) in [4.78, 5) is 27.4. The van der Waals surface area contributed by atoms with Crippen molar-refractivity contribution in [2.24, 2.45) is 0 Å². The number of hydrogen-bond donors (Lipinski definition) is 1. The largest absolute Gasteiger partial charge is 0.507 e. The first-order chi connectivity index (χ1) is 14.1. The first-order valence-electron chi connectivity index (χ1n) is 9.19. The molecule has 0 radical (unpaired) electrons. The normalized spacial score (nSPS) is 18.2. The van der Waals surface area contributed by atoms with Crippen molar-refractivity contribution < 1.29 is 14.7 Å². The molecule has 1 aliphatic heterocycles. The monoisotopic (exact) mass is 447 g/mol. The number of carbonyl (C=O) groups excluding carboxylic acids is 2. The Kier molecular flexibility index (Phi) is 5.32. The Labute approximate surface area is 177 Å². The van der Waals surface area contributed by atoms with Gasteiger partial charge in [-0.1, -0.05) is 88.7 Å². The van der Waals surface area contributed by atoms with Crippen LogP contribution in [0.1, 0.15) is 22.7 Å². The van der Waals surface area contributed by atoms with E-state index in [0.717, 1.165) is 15.6 Å². The molecule has 1 N–H and O–H groups in total. The Morgan fingerprint density at radius 1 is 0.862 bits per heavy atom. The predicted octanol–water partition coefficient (Wildman–Crippen LogP) is 5.07. The van der Waals surface area contributed by atoms with Gasteiger partial charge in [0.1, 0.15) is 5.76 Å². The van der Waals surface area contributed by atoms with E-state index in [2.05, 4.69) is 15.9 Å². The van der Waals surface area contributed by atoms with Crippen LogP contribution in [0, 0.1) is 0 Å². The lowest BCUT2D eigenvalue weighted by Crippen LogP contribution is -2.29. The number of nitrogens with zero attached hydrogens (tertiary/aromatic N) is 1. The van der Waals surface area contributed by atoms with Gasteiger partial charge < -0.3 is 10.0 Å². The van der Waals surface area contributed by atoms with E-state index in [9.17, 15) is 14.7 Å². The smallest absolute Gasteiger partial charge is 0.295 e. The first-order valence-corrected chi connectivity index (χ1v) is 9.99. The molecule has 1 atom stereocenters. The molecular formula is C24H18BrNO3. The number of likely N-dealkylation sites (tertiary alicyclic amines) is 1. The van der Waals surface area contributed by atoms with E-state index in [0.29, 0.717) is 5.56 Å². The SMILES string of the molecule is O=C1C(=O)N(Cc2ccccc2)[C@H](c2ccc(Br)cc2)C1=C(O)c1ccccc1. The lowest BCUT2D eigenvalue weighted by atomic mass is 9.95. The average molecular weight is 448 g/mol. The van der Waals surface area contributed by atoms with E-state index >= 15 is 0 Å². The van der Waals surface area contributed by atoms with Crippen LogP contribution < -0.4 is 0 Å². The number of Topliss-reactive ketones (excluding diaryl/α,β-unsaturated/α-hetero) is 1. The van der Waals surface area contributed by atoms with Gasteiger partial charge in [0.05, 0.1) is 11.6 Å². The third-order valence-corrected chi connectivity index (χ3v) is 5.50. The predicted molar refractivity (Wildman–Crippen MR) is 115 cm³/mol. The molecule has 1 saturated heterocycles. The minimum atomic E-state index is -0.671. The van der Waals surface area contributed by atoms with Crippen LogP contribution in [-0.4, -0.2) is 21.7 Å². The number of hydrogen-bond acceptors (Lipinski definition) is 3. The molecule has 3 aromatic carbocycles. The molecule has 1 aliphatic rings. The van der Waals surface area contributed by atoms with Gasteiger partial charge in [-0.25, -0.2) is 0 Å². The number of carbonyl (C=O) groups is 2. The summed E-state index contributed by atoms with van der Waals surface area (Å²) in [5.41, 5.74) is 2.30. The van der Waals surface area contributed by atoms with Crippen molar-refractivity contribution in [1.82, 2.24) is 4.90 Å². The fourth-order valence-corrected chi connectivity index (χ4v) is 3.83. The average Bonchev–Trinajstić information content (AvgIpc) is 3.00. The molecule has 0 unspecified atom stereocenters. The topological polar surface area (TPSA) is 57.6 Å². The number of halogens is 1. The third-order valence-electron chi connectivity index (χ3n) is 4.97. The maximum absolute atomic E-state index is 13.0. The molecule has 1 heterocycles. The Bertz CT molecular complexity index is 1080. The van der Waals surface area contributed by atoms with Gasteiger partial charge in [0.2, 0.25) is 0 Å². The van der Waals surface area contributed by atoms with Crippen molar-refractivity contribution in [1.29, 1.82) is 0 Å². The van der Waals surface area contributed by atoms with Gasteiger partial charge in [0, 0.05) is 16.6 Å². The van der Waals surface area contributed by atoms with Crippen molar-refractivity contribution in [3.8, 4) is 0 Å². The number of amides is 1. The molecule has 4 rings (SSSR count). The molecule has 0 saturated carbocycles. The zero-order valence-corrected chi connectivity index (χ0v) is 17.0. The van der Waals surface area contributed by atoms with Crippen LogP contribution in [0.5, 0.6) is 0 Å². The first kappa shape index (κ1) is 19.2. The summed E-state index contributed by atoms with van der Waals surface area (Å²) in [6, 6.07) is 25.1. The van der Waals surface area contributed by atoms with Gasteiger partial charge in [0.15, 0.2) is 0 Å². The van der Waals surface area contributed by atoms with Crippen molar-refractivity contribution in [2.45, 2.75) is 12.6 Å². The quantitative estimate of drug-likeness (QED) is 0.345. The van der Waals surface area contributed by atoms with Crippen LogP contribution in [0.3, 0.4) is 0 Å². The lowest BCUT2D eigenvalue weighted by Gasteiger charge is -2.25. The standard InChI is InChI=1S/C24H18BrNO3/c25-19-13-11-17(12-14-19)21-20(22(27)18-9-5-2-6-10-18)23(28)24(29)26(21)15-16-7-3-1-4-8-16/h1-14,21,27H,15H2/t21-/m1/s1. The molecule has 29 heavy (non-hydrogen) atoms. The number of rotatable bonds is 4. The summed E-state index contributed by atoms with van der Waals surface area (Å²) in [6.45, 7) is 0.276. The molecule has 0 bridgehead atoms. The fraction of sp³-hybridized carbons (Fsp3) is 0.0833. The van der Waals surface area contributed by atoms with E-state index in [4.69, 9.17) is 0 Å². The van der Waals surface area contributed by atoms with Gasteiger partial charge in [-0.15, -0.1) is 0 Å². The molecule has 1 fully saturated rings. The van der Waals surface area contributed by atoms with Crippen LogP contribution in [0.25, 0.3) is 5.76 Å². The zero-order valence-electron chi connectivity index (χ0n) is 15.5. The van der Waals surface area contributed by atoms with Crippen LogP contribution in [0.2, 0.25) is 0 Å². The summed E-state index contributed by atoms with van der Waals surface area (Å²) in [5.74, 6) is -1.44. The van der Waals surface area contributed by atoms with Gasteiger partial charge in [-0.3, -0.25) is 9.59 Å². The van der Waals surface area contributed by atoms with Crippen LogP contribution in [-0.2, 0) is 16.1 Å². The highest BCUT2D eigenvalue weighted by atomic mass is 79.9. The highest BCUT2D eigenvalue weighted by Gasteiger charge is 2.45. The Morgan fingerprint density at radius 3 is 2.07 bits per heavy atom. The lowest BCUT2D eigenvalue weighted by molar-refractivity contribution is -0.140. The van der Waals surface area contributed by atoms with E-state index in [1.165, 1.54) is 4.90 Å². The van der Waals surface area contributed by atoms with Crippen molar-refractivity contribution in [3.05, 3.63) is 112 Å². The van der Waals surface area contributed by atoms with E-state index in [1.54, 1.807) is 24.3 Å². The third kappa shape index (κ3) is 3.74. The van der Waals surface area contributed by atoms with Crippen molar-refractivity contribution in [2.75, 3.05) is 0 Å². The second kappa shape index (κ2) is 8.05. The molecular weight excluding hydrogens is 430 g/mol. The Hall–Kier alpha value is -3.18. The number of benzene rings is 3. The summed E-state index contributed by atoms with van der Waals surface area (Å²) in [6.07, 6.45) is 0. The number of aliphatic hydroxyl groups excluding tert-OH is 1. The highest BCUT2D eigenvalue weighted by molar-refractivity contribution is 9.10. The molecule has 144 valence electrons. The van der Waals surface area contributed by atoms with Crippen LogP contribution >= 0.6 is 15.9 Å². The number of ketones is 1. The Balaban J connectivity index is 1.86. The van der Waals surface area contributed by atoms with Crippen LogP contribution in [0.15, 0.2) is 95.0 Å². The molecule has 3 aromatic rings. The second-order valence-corrected chi connectivity index (χ2v) is 7.75. The van der Waals surface area contributed by atoms with Gasteiger partial charge in [0.25, 0.3) is 11.7 Å². The van der Waals surface area contributed by atoms with E-state index < -0.39 is 17.7 Å². The van der Waals surface area contributed by atoms with Crippen molar-refractivity contribution in [3.63, 3.8) is 0 Å². The van der Waals surface area contributed by atoms with Crippen molar-refractivity contribution >= 4 is 33.4 Å². The summed E-state index contributed by atoms with van der Waals surface area (Å²) in [7, 11) is 0. The molecule has 0 aromatic heterocycles. The molecule has 0 spiro atoms. The minimum Gasteiger partial charge on any atom is -0.507 e. The molecule has 5 heteroatoms. The van der Waals surface area contributed by atoms with Crippen LogP contribution in [0.4, 0.5) is 0 Å². The van der Waals surface area contributed by atoms with Gasteiger partial charge >= 0.3 is 0 Å². The Morgan fingerprint density at radius 2 is 1.45 bits per heavy atom. The second-order valence-electron chi connectivity index (χ2n) is 6.83. The maximum atomic E-state index is 13.0. The van der Waals surface area contributed by atoms with Gasteiger partial charge in [-0.05, 0) is 23.3 Å². The number of aliphatic hydroxyl groups is 1. The maximum Gasteiger partial charge on any atom is 0.295 e. The molecule has 1 amide bonds. The molecule has 4 nitrogen and oxygen atoms in total. The fourth-order valence-electron chi connectivity index (χ4n) is 3.57. The summed E-state index contributed by atoms with van der Waals surface area (Å²) in [5, 5.41) is 10.9. The van der Waals surface area contributed by atoms with E-state index in [-0.39, 0.29) is 17.9 Å². The summed E-state index contributed by atoms with van der Waals surface area (Å²) < 4.78 is 0.893.